The number of carboxylic acid groups (broad SMARTS) is 1. The van der Waals surface area contributed by atoms with Crippen LogP contribution in [-0.2, 0) is 19.2 Å². The number of nitrogens with two attached hydrogens (primary N) is 1. The third-order valence-electron chi connectivity index (χ3n) is 5.50. The Morgan fingerprint density at radius 3 is 2.00 bits per heavy atom. The maximum absolute atomic E-state index is 13.0. The molecular formula is C22H40N4O5. The van der Waals surface area contributed by atoms with E-state index in [1.54, 1.807) is 0 Å². The van der Waals surface area contributed by atoms with Crippen LogP contribution in [0.4, 0.5) is 0 Å². The summed E-state index contributed by atoms with van der Waals surface area (Å²) in [5.74, 6) is -2.16. The lowest BCUT2D eigenvalue weighted by molar-refractivity contribution is -0.143. The van der Waals surface area contributed by atoms with Gasteiger partial charge < -0.3 is 26.4 Å². The second kappa shape index (κ2) is 12.0. The standard InChI is InChI=1S/C22H40N4O5/c1-12(2)10-15(19(27)25-16(22(30)31)11-13(3)4)24-20(28)17-8-7-9-26(17)21(29)18(23)14(5)6/h12-18H,7-11,23H2,1-6H3,(H,24,28)(H,25,27)(H,30,31). The van der Waals surface area contributed by atoms with Crippen molar-refractivity contribution in [1.29, 1.82) is 0 Å². The molecule has 0 aliphatic carbocycles. The van der Waals surface area contributed by atoms with Crippen LogP contribution >= 0.6 is 0 Å². The van der Waals surface area contributed by atoms with Gasteiger partial charge >= 0.3 is 5.97 Å². The number of nitrogens with one attached hydrogen (secondary N) is 2. The van der Waals surface area contributed by atoms with Gasteiger partial charge in [-0.1, -0.05) is 41.5 Å². The van der Waals surface area contributed by atoms with Crippen molar-refractivity contribution in [3.63, 3.8) is 0 Å². The molecule has 0 bridgehead atoms. The fraction of sp³-hybridized carbons (Fsp3) is 0.818. The Hall–Kier alpha value is -2.16. The molecule has 9 heteroatoms. The molecule has 1 saturated heterocycles. The van der Waals surface area contributed by atoms with Crippen molar-refractivity contribution in [3.05, 3.63) is 0 Å². The van der Waals surface area contributed by atoms with Crippen LogP contribution in [0.15, 0.2) is 0 Å². The van der Waals surface area contributed by atoms with Gasteiger partial charge in [-0.3, -0.25) is 14.4 Å². The van der Waals surface area contributed by atoms with E-state index in [9.17, 15) is 24.3 Å². The van der Waals surface area contributed by atoms with E-state index in [-0.39, 0.29) is 23.7 Å². The van der Waals surface area contributed by atoms with Gasteiger partial charge in [0.2, 0.25) is 17.7 Å². The van der Waals surface area contributed by atoms with Crippen molar-refractivity contribution in [2.45, 2.75) is 91.4 Å². The second-order valence-electron chi connectivity index (χ2n) is 9.68. The number of carbonyl (C=O) groups is 4. The molecule has 0 saturated carbocycles. The summed E-state index contributed by atoms with van der Waals surface area (Å²) in [5.41, 5.74) is 6.00. The van der Waals surface area contributed by atoms with E-state index in [2.05, 4.69) is 10.6 Å². The molecule has 1 aliphatic rings. The highest BCUT2D eigenvalue weighted by Gasteiger charge is 2.38. The molecule has 4 atom stereocenters. The minimum absolute atomic E-state index is 0.0508. The Morgan fingerprint density at radius 2 is 1.52 bits per heavy atom. The van der Waals surface area contributed by atoms with Gasteiger partial charge in [0.15, 0.2) is 0 Å². The number of likely N-dealkylation sites (tertiary alicyclic amines) is 1. The van der Waals surface area contributed by atoms with Crippen molar-refractivity contribution >= 4 is 23.7 Å². The highest BCUT2D eigenvalue weighted by molar-refractivity contribution is 5.94. The molecule has 0 aromatic heterocycles. The summed E-state index contributed by atoms with van der Waals surface area (Å²) >= 11 is 0. The number of carbonyl (C=O) groups excluding carboxylic acids is 3. The molecule has 1 heterocycles. The Balaban J connectivity index is 2.92. The zero-order valence-corrected chi connectivity index (χ0v) is 19.7. The van der Waals surface area contributed by atoms with E-state index >= 15 is 0 Å². The third kappa shape index (κ3) is 8.12. The molecule has 1 rings (SSSR count). The third-order valence-corrected chi connectivity index (χ3v) is 5.50. The molecule has 0 aromatic carbocycles. The fourth-order valence-corrected chi connectivity index (χ4v) is 3.72. The maximum atomic E-state index is 13.0. The van der Waals surface area contributed by atoms with Gasteiger partial charge in [0, 0.05) is 6.54 Å². The highest BCUT2D eigenvalue weighted by Crippen LogP contribution is 2.20. The van der Waals surface area contributed by atoms with Crippen molar-refractivity contribution in [1.82, 2.24) is 15.5 Å². The molecular weight excluding hydrogens is 400 g/mol. The minimum atomic E-state index is -1.10. The first-order valence-electron chi connectivity index (χ1n) is 11.2. The SMILES string of the molecule is CC(C)CC(NC(=O)C(CC(C)C)NC(=O)C1CCCN1C(=O)C(N)C(C)C)C(=O)O. The predicted molar refractivity (Wildman–Crippen MR) is 118 cm³/mol. The van der Waals surface area contributed by atoms with Crippen LogP contribution in [0.3, 0.4) is 0 Å². The monoisotopic (exact) mass is 440 g/mol. The van der Waals surface area contributed by atoms with Crippen molar-refractivity contribution < 1.29 is 24.3 Å². The van der Waals surface area contributed by atoms with E-state index in [4.69, 9.17) is 5.73 Å². The molecule has 3 amide bonds. The molecule has 4 unspecified atom stereocenters. The average molecular weight is 441 g/mol. The van der Waals surface area contributed by atoms with Crippen LogP contribution in [0.2, 0.25) is 0 Å². The van der Waals surface area contributed by atoms with Gasteiger partial charge in [0.1, 0.15) is 18.1 Å². The molecule has 178 valence electrons. The number of amides is 3. The van der Waals surface area contributed by atoms with Crippen molar-refractivity contribution in [2.75, 3.05) is 6.54 Å². The lowest BCUT2D eigenvalue weighted by Gasteiger charge is -2.30. The quantitative estimate of drug-likeness (QED) is 0.379. The number of hydrogen-bond donors (Lipinski definition) is 4. The zero-order valence-electron chi connectivity index (χ0n) is 19.7. The maximum Gasteiger partial charge on any atom is 0.326 e. The molecule has 1 fully saturated rings. The van der Waals surface area contributed by atoms with Crippen LogP contribution in [-0.4, -0.2) is 64.4 Å². The number of nitrogens with zero attached hydrogens (tertiary/aromatic N) is 1. The Kier molecular flexibility index (Phi) is 10.4. The highest BCUT2D eigenvalue weighted by atomic mass is 16.4. The number of hydrogen-bond acceptors (Lipinski definition) is 5. The summed E-state index contributed by atoms with van der Waals surface area (Å²) in [7, 11) is 0. The Bertz CT molecular complexity index is 650. The van der Waals surface area contributed by atoms with E-state index < -0.39 is 42.0 Å². The smallest absolute Gasteiger partial charge is 0.326 e. The average Bonchev–Trinajstić information content (AvgIpc) is 3.14. The summed E-state index contributed by atoms with van der Waals surface area (Å²) in [4.78, 5) is 51.6. The molecule has 0 radical (unpaired) electrons. The van der Waals surface area contributed by atoms with Crippen LogP contribution in [0.5, 0.6) is 0 Å². The number of rotatable bonds is 11. The summed E-state index contributed by atoms with van der Waals surface area (Å²) in [6, 6.07) is -3.26. The molecule has 1 aliphatic heterocycles. The molecule has 5 N–H and O–H groups in total. The van der Waals surface area contributed by atoms with Crippen LogP contribution < -0.4 is 16.4 Å². The number of carboxylic acids is 1. The summed E-state index contributed by atoms with van der Waals surface area (Å²) in [5, 5.41) is 14.7. The predicted octanol–water partition coefficient (Wildman–Crippen LogP) is 1.11. The van der Waals surface area contributed by atoms with Crippen molar-refractivity contribution in [2.24, 2.45) is 23.5 Å². The minimum Gasteiger partial charge on any atom is -0.480 e. The van der Waals surface area contributed by atoms with Gasteiger partial charge in [-0.25, -0.2) is 4.79 Å². The largest absolute Gasteiger partial charge is 0.480 e. The first-order chi connectivity index (χ1) is 14.3. The molecule has 0 spiro atoms. The van der Waals surface area contributed by atoms with Crippen molar-refractivity contribution in [3.8, 4) is 0 Å². The van der Waals surface area contributed by atoms with Crippen LogP contribution in [0, 0.1) is 17.8 Å². The lowest BCUT2D eigenvalue weighted by Crippen LogP contribution is -2.57. The van der Waals surface area contributed by atoms with Crippen LogP contribution in [0.25, 0.3) is 0 Å². The zero-order chi connectivity index (χ0) is 23.9. The summed E-state index contributed by atoms with van der Waals surface area (Å²) in [6.07, 6.45) is 1.84. The topological polar surface area (TPSA) is 142 Å². The van der Waals surface area contributed by atoms with Crippen LogP contribution in [0.1, 0.15) is 67.2 Å². The van der Waals surface area contributed by atoms with Gasteiger partial charge in [-0.2, -0.15) is 0 Å². The molecule has 31 heavy (non-hydrogen) atoms. The number of aliphatic carboxylic acids is 1. The fourth-order valence-electron chi connectivity index (χ4n) is 3.72. The van der Waals surface area contributed by atoms with Gasteiger partial charge in [-0.05, 0) is 43.4 Å². The van der Waals surface area contributed by atoms with Gasteiger partial charge in [-0.15, -0.1) is 0 Å². The first-order valence-corrected chi connectivity index (χ1v) is 11.2. The summed E-state index contributed by atoms with van der Waals surface area (Å²) in [6.45, 7) is 11.8. The van der Waals surface area contributed by atoms with Gasteiger partial charge in [0.05, 0.1) is 6.04 Å². The van der Waals surface area contributed by atoms with E-state index in [1.807, 2.05) is 41.5 Å². The van der Waals surface area contributed by atoms with E-state index in [0.717, 1.165) is 0 Å². The summed E-state index contributed by atoms with van der Waals surface area (Å²) < 4.78 is 0. The van der Waals surface area contributed by atoms with E-state index in [1.165, 1.54) is 4.90 Å². The lowest BCUT2D eigenvalue weighted by atomic mass is 10.00. The second-order valence-corrected chi connectivity index (χ2v) is 9.68. The first kappa shape index (κ1) is 26.9. The van der Waals surface area contributed by atoms with E-state index in [0.29, 0.717) is 32.2 Å². The van der Waals surface area contributed by atoms with Gasteiger partial charge in [0.25, 0.3) is 0 Å². The molecule has 0 aromatic rings. The Labute approximate surface area is 185 Å². The normalized spacial score (nSPS) is 19.4. The Morgan fingerprint density at radius 1 is 0.968 bits per heavy atom. The molecule has 9 nitrogen and oxygen atoms in total.